The van der Waals surface area contributed by atoms with Crippen molar-refractivity contribution in [2.75, 3.05) is 39.2 Å². The monoisotopic (exact) mass is 312 g/mol. The molecule has 2 rings (SSSR count). The molecule has 0 saturated carbocycles. The van der Waals surface area contributed by atoms with Gasteiger partial charge in [0, 0.05) is 25.1 Å². The molecule has 1 fully saturated rings. The van der Waals surface area contributed by atoms with Gasteiger partial charge in [-0.2, -0.15) is 0 Å². The van der Waals surface area contributed by atoms with Gasteiger partial charge >= 0.3 is 0 Å². The van der Waals surface area contributed by atoms with Crippen LogP contribution in [0.5, 0.6) is 11.5 Å². The number of halogens is 1. The van der Waals surface area contributed by atoms with E-state index in [9.17, 15) is 4.79 Å². The normalized spacial score (nSPS) is 15.0. The van der Waals surface area contributed by atoms with Crippen molar-refractivity contribution in [2.45, 2.75) is 19.3 Å². The number of benzene rings is 1. The van der Waals surface area contributed by atoms with Crippen molar-refractivity contribution in [1.82, 2.24) is 4.90 Å². The van der Waals surface area contributed by atoms with E-state index in [-0.39, 0.29) is 5.91 Å². The van der Waals surface area contributed by atoms with Gasteiger partial charge in [0.1, 0.15) is 11.5 Å². The van der Waals surface area contributed by atoms with Gasteiger partial charge in [0.05, 0.1) is 24.9 Å². The summed E-state index contributed by atoms with van der Waals surface area (Å²) in [6.07, 6.45) is 2.92. The summed E-state index contributed by atoms with van der Waals surface area (Å²) in [6, 6.07) is 3.31. The number of hydrogen-bond donors (Lipinski definition) is 1. The van der Waals surface area contributed by atoms with E-state index >= 15 is 0 Å². The Labute approximate surface area is 130 Å². The Balaban J connectivity index is 1.98. The van der Waals surface area contributed by atoms with Crippen LogP contribution in [0, 0.1) is 0 Å². The number of amides is 1. The van der Waals surface area contributed by atoms with Crippen LogP contribution < -0.4 is 14.8 Å². The number of hydrogen-bond acceptors (Lipinski definition) is 4. The molecule has 5 nitrogen and oxygen atoms in total. The summed E-state index contributed by atoms with van der Waals surface area (Å²) in [7, 11) is 3.07. The molecule has 0 atom stereocenters. The molecular formula is C15H21ClN2O3. The highest BCUT2D eigenvalue weighted by atomic mass is 35.5. The third-order valence-corrected chi connectivity index (χ3v) is 3.90. The Kier molecular flexibility index (Phi) is 5.70. The van der Waals surface area contributed by atoms with E-state index in [1.165, 1.54) is 27.1 Å². The smallest absolute Gasteiger partial charge is 0.225 e. The third kappa shape index (κ3) is 4.25. The lowest BCUT2D eigenvalue weighted by Gasteiger charge is -2.15. The molecule has 0 bridgehead atoms. The van der Waals surface area contributed by atoms with Crippen molar-refractivity contribution in [3.63, 3.8) is 0 Å². The van der Waals surface area contributed by atoms with Gasteiger partial charge in [-0.05, 0) is 25.9 Å². The highest BCUT2D eigenvalue weighted by Gasteiger charge is 2.15. The summed E-state index contributed by atoms with van der Waals surface area (Å²) >= 11 is 6.04. The van der Waals surface area contributed by atoms with Crippen molar-refractivity contribution >= 4 is 23.2 Å². The standard InChI is InChI=1S/C15H21ClN2O3/c1-20-13-10-12(14(21-2)9-11(13)16)17-15(19)5-8-18-6-3-4-7-18/h9-10H,3-8H2,1-2H3,(H,17,19). The molecule has 1 N–H and O–H groups in total. The maximum Gasteiger partial charge on any atom is 0.225 e. The van der Waals surface area contributed by atoms with Crippen LogP contribution in [-0.4, -0.2) is 44.7 Å². The maximum atomic E-state index is 12.1. The van der Waals surface area contributed by atoms with E-state index in [2.05, 4.69) is 10.2 Å². The Bertz CT molecular complexity index is 502. The van der Waals surface area contributed by atoms with Gasteiger partial charge < -0.3 is 19.7 Å². The number of ether oxygens (including phenoxy) is 2. The third-order valence-electron chi connectivity index (χ3n) is 3.60. The van der Waals surface area contributed by atoms with Crippen LogP contribution in [0.2, 0.25) is 5.02 Å². The molecule has 0 aromatic heterocycles. The second-order valence-electron chi connectivity index (χ2n) is 5.03. The molecule has 1 aromatic carbocycles. The Morgan fingerprint density at radius 2 is 1.90 bits per heavy atom. The van der Waals surface area contributed by atoms with E-state index in [1.807, 2.05) is 0 Å². The Morgan fingerprint density at radius 3 is 2.52 bits per heavy atom. The number of rotatable bonds is 6. The molecule has 1 saturated heterocycles. The first-order valence-corrected chi connectivity index (χ1v) is 7.45. The average molecular weight is 313 g/mol. The first-order valence-electron chi connectivity index (χ1n) is 7.07. The molecule has 1 aliphatic rings. The van der Waals surface area contributed by atoms with Crippen molar-refractivity contribution in [1.29, 1.82) is 0 Å². The second kappa shape index (κ2) is 7.52. The molecule has 116 valence electrons. The minimum atomic E-state index is -0.0374. The highest BCUT2D eigenvalue weighted by molar-refractivity contribution is 6.32. The molecule has 21 heavy (non-hydrogen) atoms. The number of carbonyl (C=O) groups is 1. The van der Waals surface area contributed by atoms with E-state index in [1.54, 1.807) is 12.1 Å². The minimum Gasteiger partial charge on any atom is -0.495 e. The highest BCUT2D eigenvalue weighted by Crippen LogP contribution is 2.35. The number of methoxy groups -OCH3 is 2. The van der Waals surface area contributed by atoms with Crippen LogP contribution in [0.3, 0.4) is 0 Å². The lowest BCUT2D eigenvalue weighted by atomic mass is 10.2. The van der Waals surface area contributed by atoms with Crippen LogP contribution in [0.1, 0.15) is 19.3 Å². The topological polar surface area (TPSA) is 50.8 Å². The maximum absolute atomic E-state index is 12.1. The van der Waals surface area contributed by atoms with Crippen molar-refractivity contribution in [3.8, 4) is 11.5 Å². The fourth-order valence-corrected chi connectivity index (χ4v) is 2.67. The number of anilines is 1. The van der Waals surface area contributed by atoms with Crippen LogP contribution >= 0.6 is 11.6 Å². The van der Waals surface area contributed by atoms with E-state index in [0.29, 0.717) is 28.6 Å². The zero-order valence-electron chi connectivity index (χ0n) is 12.4. The van der Waals surface area contributed by atoms with Gasteiger partial charge in [0.15, 0.2) is 0 Å². The fourth-order valence-electron chi connectivity index (χ4n) is 2.44. The van der Waals surface area contributed by atoms with Crippen LogP contribution in [0.25, 0.3) is 0 Å². The summed E-state index contributed by atoms with van der Waals surface area (Å²) in [4.78, 5) is 14.4. The summed E-state index contributed by atoms with van der Waals surface area (Å²) in [5.41, 5.74) is 0.574. The predicted octanol–water partition coefficient (Wildman–Crippen LogP) is 2.78. The number of carbonyl (C=O) groups excluding carboxylic acids is 1. The molecule has 6 heteroatoms. The largest absolute Gasteiger partial charge is 0.495 e. The molecule has 1 heterocycles. The second-order valence-corrected chi connectivity index (χ2v) is 5.44. The van der Waals surface area contributed by atoms with Gasteiger partial charge in [0.2, 0.25) is 5.91 Å². The van der Waals surface area contributed by atoms with E-state index in [4.69, 9.17) is 21.1 Å². The van der Waals surface area contributed by atoms with E-state index < -0.39 is 0 Å². The number of likely N-dealkylation sites (tertiary alicyclic amines) is 1. The summed E-state index contributed by atoms with van der Waals surface area (Å²) in [5.74, 6) is 0.993. The predicted molar refractivity (Wildman–Crippen MR) is 83.5 cm³/mol. The summed E-state index contributed by atoms with van der Waals surface area (Å²) in [6.45, 7) is 2.97. The molecule has 1 aliphatic heterocycles. The van der Waals surface area contributed by atoms with Crippen molar-refractivity contribution in [3.05, 3.63) is 17.2 Å². The van der Waals surface area contributed by atoms with Crippen LogP contribution in [0.4, 0.5) is 5.69 Å². The molecule has 0 unspecified atom stereocenters. The average Bonchev–Trinajstić information content (AvgIpc) is 2.99. The lowest BCUT2D eigenvalue weighted by molar-refractivity contribution is -0.116. The van der Waals surface area contributed by atoms with Gasteiger partial charge in [0.25, 0.3) is 0 Å². The first-order chi connectivity index (χ1) is 10.1. The van der Waals surface area contributed by atoms with Gasteiger partial charge in [-0.25, -0.2) is 0 Å². The zero-order chi connectivity index (χ0) is 15.2. The molecule has 0 spiro atoms. The van der Waals surface area contributed by atoms with Gasteiger partial charge in [-0.3, -0.25) is 4.79 Å². The molecule has 1 aromatic rings. The van der Waals surface area contributed by atoms with Crippen LogP contribution in [-0.2, 0) is 4.79 Å². The summed E-state index contributed by atoms with van der Waals surface area (Å²) in [5, 5.41) is 3.31. The quantitative estimate of drug-likeness (QED) is 0.877. The molecule has 0 radical (unpaired) electrons. The Morgan fingerprint density at radius 1 is 1.24 bits per heavy atom. The molecule has 1 amide bonds. The van der Waals surface area contributed by atoms with Gasteiger partial charge in [-0.1, -0.05) is 11.6 Å². The molecular weight excluding hydrogens is 292 g/mol. The van der Waals surface area contributed by atoms with Crippen LogP contribution in [0.15, 0.2) is 12.1 Å². The van der Waals surface area contributed by atoms with Crippen molar-refractivity contribution in [2.24, 2.45) is 0 Å². The molecule has 0 aliphatic carbocycles. The summed E-state index contributed by atoms with van der Waals surface area (Å²) < 4.78 is 10.4. The zero-order valence-corrected chi connectivity index (χ0v) is 13.2. The number of nitrogens with one attached hydrogen (secondary N) is 1. The van der Waals surface area contributed by atoms with Crippen molar-refractivity contribution < 1.29 is 14.3 Å². The fraction of sp³-hybridized carbons (Fsp3) is 0.533. The number of nitrogens with zero attached hydrogens (tertiary/aromatic N) is 1. The van der Waals surface area contributed by atoms with E-state index in [0.717, 1.165) is 19.6 Å². The Hall–Kier alpha value is -1.46. The minimum absolute atomic E-state index is 0.0374. The first kappa shape index (κ1) is 15.9. The lowest BCUT2D eigenvalue weighted by Crippen LogP contribution is -2.25. The van der Waals surface area contributed by atoms with Gasteiger partial charge in [-0.15, -0.1) is 0 Å². The SMILES string of the molecule is COc1cc(NC(=O)CCN2CCCC2)c(OC)cc1Cl.